The molecule has 2 unspecified atom stereocenters. The summed E-state index contributed by atoms with van der Waals surface area (Å²) in [6.45, 7) is 13.6. The van der Waals surface area contributed by atoms with Gasteiger partial charge in [-0.2, -0.15) is 0 Å². The van der Waals surface area contributed by atoms with Crippen molar-refractivity contribution in [3.63, 3.8) is 0 Å². The third-order valence-corrected chi connectivity index (χ3v) is 9.40. The van der Waals surface area contributed by atoms with Crippen molar-refractivity contribution in [2.45, 2.75) is 89.0 Å². The average Bonchev–Trinajstić information content (AvgIpc) is 2.46. The van der Waals surface area contributed by atoms with Crippen LogP contribution in [-0.2, 0) is 4.74 Å². The number of terminal acetylenes is 2. The molecule has 0 amide bonds. The highest BCUT2D eigenvalue weighted by Crippen LogP contribution is 2.33. The van der Waals surface area contributed by atoms with Crippen LogP contribution in [0.3, 0.4) is 0 Å². The maximum absolute atomic E-state index is 6.70. The van der Waals surface area contributed by atoms with E-state index in [-0.39, 0.29) is 10.4 Å². The Morgan fingerprint density at radius 1 is 0.810 bits per heavy atom. The van der Waals surface area contributed by atoms with Crippen LogP contribution < -0.4 is 0 Å². The highest BCUT2D eigenvalue weighted by Gasteiger charge is 2.43. The van der Waals surface area contributed by atoms with E-state index in [4.69, 9.17) is 17.6 Å². The van der Waals surface area contributed by atoms with Crippen molar-refractivity contribution >= 4 is 17.6 Å². The number of hydrogen-bond acceptors (Lipinski definition) is 1. The predicted molar refractivity (Wildman–Crippen MR) is 101 cm³/mol. The Bertz CT molecular complexity index is 342. The molecule has 0 rings (SSSR count). The first kappa shape index (κ1) is 20.5. The predicted octanol–water partition coefficient (Wildman–Crippen LogP) is 4.18. The Balaban J connectivity index is 5.50. The first-order valence-electron chi connectivity index (χ1n) is 8.49. The fourth-order valence-electron chi connectivity index (χ4n) is 2.66. The van der Waals surface area contributed by atoms with Gasteiger partial charge in [-0.1, -0.05) is 77.6 Å². The smallest absolute Gasteiger partial charge is 0.113 e. The lowest BCUT2D eigenvalue weighted by Gasteiger charge is -2.43. The Morgan fingerprint density at radius 2 is 1.14 bits per heavy atom. The third kappa shape index (κ3) is 5.33. The summed E-state index contributed by atoms with van der Waals surface area (Å²) in [7, 11) is -2.35. The van der Waals surface area contributed by atoms with Gasteiger partial charge in [0.25, 0.3) is 0 Å². The lowest BCUT2D eigenvalue weighted by Crippen LogP contribution is -2.55. The molecule has 120 valence electrons. The van der Waals surface area contributed by atoms with Crippen LogP contribution in [0.5, 0.6) is 0 Å². The molecule has 0 aromatic rings. The zero-order chi connectivity index (χ0) is 16.5. The molecule has 1 nitrogen and oxygen atoms in total. The molecule has 0 spiro atoms. The topological polar surface area (TPSA) is 9.23 Å². The monoisotopic (exact) mass is 322 g/mol. The van der Waals surface area contributed by atoms with E-state index in [0.29, 0.717) is 0 Å². The normalized spacial score (nSPS) is 17.0. The van der Waals surface area contributed by atoms with Crippen LogP contribution in [0.4, 0.5) is 0 Å². The largest absolute Gasteiger partial charge is 0.352 e. The van der Waals surface area contributed by atoms with Crippen LogP contribution in [0.25, 0.3) is 0 Å². The second-order valence-corrected chi connectivity index (χ2v) is 13.2. The van der Waals surface area contributed by atoms with Crippen LogP contribution in [0, 0.1) is 24.7 Å². The van der Waals surface area contributed by atoms with E-state index in [0.717, 1.165) is 38.5 Å². The molecule has 0 aliphatic heterocycles. The van der Waals surface area contributed by atoms with Crippen LogP contribution >= 0.6 is 0 Å². The van der Waals surface area contributed by atoms with Crippen LogP contribution in [0.1, 0.15) is 52.4 Å². The van der Waals surface area contributed by atoms with Crippen LogP contribution in [-0.4, -0.2) is 28.0 Å². The van der Waals surface area contributed by atoms with Crippen molar-refractivity contribution in [2.75, 3.05) is 0 Å². The molecule has 0 bridgehead atoms. The zero-order valence-electron chi connectivity index (χ0n) is 15.0. The molecule has 0 aliphatic carbocycles. The Labute approximate surface area is 136 Å². The minimum absolute atomic E-state index is 0.382. The highest BCUT2D eigenvalue weighted by molar-refractivity contribution is 6.62. The van der Waals surface area contributed by atoms with Crippen LogP contribution in [0.15, 0.2) is 0 Å². The Morgan fingerprint density at radius 3 is 1.33 bits per heavy atom. The first-order valence-corrected chi connectivity index (χ1v) is 14.3. The molecule has 0 aromatic heterocycles. The summed E-state index contributed by atoms with van der Waals surface area (Å²) >= 11 is 0. The maximum atomic E-state index is 6.70. The minimum Gasteiger partial charge on any atom is -0.352 e. The summed E-state index contributed by atoms with van der Waals surface area (Å²) in [5, 5.41) is -0.763. The van der Waals surface area contributed by atoms with E-state index < -0.39 is 17.6 Å². The molecule has 2 atom stereocenters. The van der Waals surface area contributed by atoms with Gasteiger partial charge in [0.15, 0.2) is 0 Å². The average molecular weight is 323 g/mol. The highest BCUT2D eigenvalue weighted by atomic mass is 28.3. The molecule has 0 saturated heterocycles. The van der Waals surface area contributed by atoms with Crippen LogP contribution in [0.2, 0.25) is 26.2 Å². The SMILES string of the molecule is C#CC(CCCC)(OC(C#C)(CCCC)[SiH](C)C)[SiH](C)C. The van der Waals surface area contributed by atoms with Gasteiger partial charge in [0.05, 0.1) is 17.6 Å². The second kappa shape index (κ2) is 9.51. The summed E-state index contributed by atoms with van der Waals surface area (Å²) in [5.41, 5.74) is 0. The van der Waals surface area contributed by atoms with Gasteiger partial charge in [0.2, 0.25) is 0 Å². The molecule has 3 heteroatoms. The van der Waals surface area contributed by atoms with Gasteiger partial charge in [-0.3, -0.25) is 0 Å². The van der Waals surface area contributed by atoms with Gasteiger partial charge >= 0.3 is 0 Å². The number of unbranched alkanes of at least 4 members (excludes halogenated alkanes) is 2. The molecular formula is C18H34OSi2. The summed E-state index contributed by atoms with van der Waals surface area (Å²) in [6.07, 6.45) is 18.3. The molecule has 0 radical (unpaired) electrons. The lowest BCUT2D eigenvalue weighted by molar-refractivity contribution is -0.0223. The van der Waals surface area contributed by atoms with Crippen molar-refractivity contribution in [3.8, 4) is 24.7 Å². The van der Waals surface area contributed by atoms with E-state index in [1.165, 1.54) is 0 Å². The van der Waals surface area contributed by atoms with Gasteiger partial charge in [0, 0.05) is 0 Å². The van der Waals surface area contributed by atoms with Gasteiger partial charge < -0.3 is 4.74 Å². The molecule has 0 aromatic carbocycles. The lowest BCUT2D eigenvalue weighted by atomic mass is 10.1. The van der Waals surface area contributed by atoms with Gasteiger partial charge in [0.1, 0.15) is 10.4 Å². The number of rotatable bonds is 10. The second-order valence-electron chi connectivity index (χ2n) is 6.69. The van der Waals surface area contributed by atoms with E-state index in [1.54, 1.807) is 0 Å². The van der Waals surface area contributed by atoms with Gasteiger partial charge in [-0.25, -0.2) is 0 Å². The molecule has 0 heterocycles. The van der Waals surface area contributed by atoms with Gasteiger partial charge in [-0.05, 0) is 12.8 Å². The molecule has 21 heavy (non-hydrogen) atoms. The van der Waals surface area contributed by atoms with Crippen molar-refractivity contribution < 1.29 is 4.74 Å². The summed E-state index contributed by atoms with van der Waals surface area (Å²) < 4.78 is 6.70. The summed E-state index contributed by atoms with van der Waals surface area (Å²) in [5.74, 6) is 6.07. The van der Waals surface area contributed by atoms with E-state index in [2.05, 4.69) is 51.9 Å². The summed E-state index contributed by atoms with van der Waals surface area (Å²) in [6, 6.07) is 0. The number of ether oxygens (including phenoxy) is 1. The molecule has 0 saturated carbocycles. The number of hydrogen-bond donors (Lipinski definition) is 0. The zero-order valence-corrected chi connectivity index (χ0v) is 17.3. The Kier molecular flexibility index (Phi) is 9.29. The molecular weight excluding hydrogens is 288 g/mol. The minimum atomic E-state index is -1.17. The quantitative estimate of drug-likeness (QED) is 0.433. The fourth-order valence-corrected chi connectivity index (χ4v) is 5.91. The molecule has 0 fully saturated rings. The van der Waals surface area contributed by atoms with E-state index >= 15 is 0 Å². The van der Waals surface area contributed by atoms with Crippen molar-refractivity contribution in [1.82, 2.24) is 0 Å². The summed E-state index contributed by atoms with van der Waals surface area (Å²) in [4.78, 5) is 0. The maximum Gasteiger partial charge on any atom is 0.113 e. The van der Waals surface area contributed by atoms with Gasteiger partial charge in [-0.15, -0.1) is 12.8 Å². The molecule has 0 N–H and O–H groups in total. The third-order valence-electron chi connectivity index (χ3n) is 4.52. The fraction of sp³-hybridized carbons (Fsp3) is 0.778. The molecule has 0 aliphatic rings. The standard InChI is InChI=1S/C18H34OSi2/c1-9-13-15-17(11-3,20(5)6)19-18(12-4,21(7)8)16-14-10-2/h3-4,20-21H,9-10,13-16H2,1-2,5-8H3. The Hall–Kier alpha value is -0.486. The van der Waals surface area contributed by atoms with E-state index in [1.807, 2.05) is 0 Å². The van der Waals surface area contributed by atoms with Crippen molar-refractivity contribution in [1.29, 1.82) is 0 Å². The van der Waals surface area contributed by atoms with Crippen molar-refractivity contribution in [3.05, 3.63) is 0 Å². The first-order chi connectivity index (χ1) is 9.84. The van der Waals surface area contributed by atoms with Crippen molar-refractivity contribution in [2.24, 2.45) is 0 Å². The van der Waals surface area contributed by atoms with E-state index in [9.17, 15) is 0 Å².